The Morgan fingerprint density at radius 1 is 1.45 bits per heavy atom. The molecule has 20 heavy (non-hydrogen) atoms. The van der Waals surface area contributed by atoms with Gasteiger partial charge in [0.15, 0.2) is 0 Å². The quantitative estimate of drug-likeness (QED) is 0.480. The smallest absolute Gasteiger partial charge is 0.227 e. The maximum atomic E-state index is 12.1. The number of aryl methyl sites for hydroxylation is 2. The molecule has 1 fully saturated rings. The standard InChI is InChI=1S/C14H18N4O2/c1-9-4-12(5-10(2)14(9)20-3)18-8-11(6-13(18)19)7-16-17-15/h4-5,11H,6-8H2,1-3H3. The van der Waals surface area contributed by atoms with Crippen molar-refractivity contribution in [1.82, 2.24) is 0 Å². The molecule has 1 saturated heterocycles. The highest BCUT2D eigenvalue weighted by Crippen LogP contribution is 2.32. The van der Waals surface area contributed by atoms with Gasteiger partial charge in [-0.2, -0.15) is 0 Å². The third-order valence-electron chi connectivity index (χ3n) is 3.57. The van der Waals surface area contributed by atoms with Gasteiger partial charge in [0.2, 0.25) is 5.91 Å². The number of carbonyl (C=O) groups is 1. The summed E-state index contributed by atoms with van der Waals surface area (Å²) in [5, 5.41) is 3.56. The molecule has 1 atom stereocenters. The minimum absolute atomic E-state index is 0.0760. The van der Waals surface area contributed by atoms with Crippen LogP contribution in [0, 0.1) is 19.8 Å². The second-order valence-corrected chi connectivity index (χ2v) is 5.10. The highest BCUT2D eigenvalue weighted by Gasteiger charge is 2.30. The van der Waals surface area contributed by atoms with Gasteiger partial charge >= 0.3 is 0 Å². The lowest BCUT2D eigenvalue weighted by molar-refractivity contribution is -0.117. The van der Waals surface area contributed by atoms with Crippen molar-refractivity contribution in [1.29, 1.82) is 0 Å². The van der Waals surface area contributed by atoms with Crippen LogP contribution in [0.5, 0.6) is 5.75 Å². The summed E-state index contributed by atoms with van der Waals surface area (Å²) in [7, 11) is 1.64. The third-order valence-corrected chi connectivity index (χ3v) is 3.57. The van der Waals surface area contributed by atoms with Gasteiger partial charge in [-0.15, -0.1) is 0 Å². The lowest BCUT2D eigenvalue weighted by Gasteiger charge is -2.19. The van der Waals surface area contributed by atoms with E-state index >= 15 is 0 Å². The Hall–Kier alpha value is -2.20. The van der Waals surface area contributed by atoms with Crippen LogP contribution in [0.4, 0.5) is 5.69 Å². The Kier molecular flexibility index (Phi) is 4.15. The fraction of sp³-hybridized carbons (Fsp3) is 0.500. The van der Waals surface area contributed by atoms with Gasteiger partial charge < -0.3 is 9.64 Å². The first kappa shape index (κ1) is 14.2. The van der Waals surface area contributed by atoms with E-state index in [9.17, 15) is 4.79 Å². The fourth-order valence-electron chi connectivity index (χ4n) is 2.71. The highest BCUT2D eigenvalue weighted by atomic mass is 16.5. The second-order valence-electron chi connectivity index (χ2n) is 5.10. The molecule has 1 aliphatic rings. The van der Waals surface area contributed by atoms with E-state index < -0.39 is 0 Å². The molecule has 0 aliphatic carbocycles. The first-order chi connectivity index (χ1) is 9.56. The first-order valence-electron chi connectivity index (χ1n) is 6.53. The zero-order valence-corrected chi connectivity index (χ0v) is 12.0. The molecule has 1 amide bonds. The predicted octanol–water partition coefficient (Wildman–Crippen LogP) is 2.98. The average Bonchev–Trinajstić information content (AvgIpc) is 2.77. The molecule has 1 heterocycles. The third kappa shape index (κ3) is 2.70. The Labute approximate surface area is 118 Å². The number of benzene rings is 1. The molecule has 1 aromatic rings. The van der Waals surface area contributed by atoms with Gasteiger partial charge in [0.25, 0.3) is 0 Å². The molecule has 1 aromatic carbocycles. The fourth-order valence-corrected chi connectivity index (χ4v) is 2.71. The largest absolute Gasteiger partial charge is 0.496 e. The van der Waals surface area contributed by atoms with Crippen LogP contribution in [-0.2, 0) is 4.79 Å². The van der Waals surface area contributed by atoms with Crippen molar-refractivity contribution in [3.63, 3.8) is 0 Å². The first-order valence-corrected chi connectivity index (χ1v) is 6.53. The van der Waals surface area contributed by atoms with Gasteiger partial charge in [-0.25, -0.2) is 0 Å². The number of anilines is 1. The topological polar surface area (TPSA) is 78.3 Å². The number of ether oxygens (including phenoxy) is 1. The summed E-state index contributed by atoms with van der Waals surface area (Å²) < 4.78 is 5.34. The number of carbonyl (C=O) groups excluding carboxylic acids is 1. The van der Waals surface area contributed by atoms with Crippen LogP contribution in [0.2, 0.25) is 0 Å². The zero-order chi connectivity index (χ0) is 14.7. The van der Waals surface area contributed by atoms with Gasteiger partial charge in [-0.1, -0.05) is 5.11 Å². The molecule has 2 rings (SSSR count). The number of nitrogens with zero attached hydrogens (tertiary/aromatic N) is 4. The lowest BCUT2D eigenvalue weighted by Crippen LogP contribution is -2.25. The number of hydrogen-bond donors (Lipinski definition) is 0. The van der Waals surface area contributed by atoms with E-state index in [0.29, 0.717) is 19.5 Å². The molecule has 0 N–H and O–H groups in total. The molecule has 0 radical (unpaired) electrons. The Morgan fingerprint density at radius 2 is 2.10 bits per heavy atom. The van der Waals surface area contributed by atoms with Gasteiger partial charge in [-0.3, -0.25) is 4.79 Å². The van der Waals surface area contributed by atoms with E-state index in [0.717, 1.165) is 22.6 Å². The lowest BCUT2D eigenvalue weighted by atomic mass is 10.1. The molecular weight excluding hydrogens is 256 g/mol. The molecule has 6 heteroatoms. The summed E-state index contributed by atoms with van der Waals surface area (Å²) in [5.74, 6) is 1.03. The van der Waals surface area contributed by atoms with E-state index in [-0.39, 0.29) is 11.8 Å². The van der Waals surface area contributed by atoms with Crippen molar-refractivity contribution < 1.29 is 9.53 Å². The van der Waals surface area contributed by atoms with Crippen molar-refractivity contribution in [2.75, 3.05) is 25.1 Å². The van der Waals surface area contributed by atoms with Crippen LogP contribution in [0.15, 0.2) is 17.2 Å². The van der Waals surface area contributed by atoms with E-state index in [1.165, 1.54) is 0 Å². The molecule has 106 valence electrons. The number of amides is 1. The number of hydrogen-bond acceptors (Lipinski definition) is 3. The van der Waals surface area contributed by atoms with Crippen molar-refractivity contribution in [3.05, 3.63) is 33.7 Å². The molecule has 1 unspecified atom stereocenters. The van der Waals surface area contributed by atoms with Gasteiger partial charge in [-0.05, 0) is 48.6 Å². The summed E-state index contributed by atoms with van der Waals surface area (Å²) in [4.78, 5) is 16.6. The van der Waals surface area contributed by atoms with Crippen molar-refractivity contribution in [2.45, 2.75) is 20.3 Å². The number of azide groups is 1. The predicted molar refractivity (Wildman–Crippen MR) is 76.9 cm³/mol. The van der Waals surface area contributed by atoms with Crippen LogP contribution < -0.4 is 9.64 Å². The van der Waals surface area contributed by atoms with Crippen molar-refractivity contribution in [3.8, 4) is 5.75 Å². The zero-order valence-electron chi connectivity index (χ0n) is 12.0. The summed E-state index contributed by atoms with van der Waals surface area (Å²) in [6, 6.07) is 3.92. The van der Waals surface area contributed by atoms with Gasteiger partial charge in [0.05, 0.1) is 7.11 Å². The van der Waals surface area contributed by atoms with Crippen LogP contribution in [0.1, 0.15) is 17.5 Å². The summed E-state index contributed by atoms with van der Waals surface area (Å²) >= 11 is 0. The van der Waals surface area contributed by atoms with Gasteiger partial charge in [0, 0.05) is 30.1 Å². The van der Waals surface area contributed by atoms with Crippen LogP contribution in [-0.4, -0.2) is 26.1 Å². The van der Waals surface area contributed by atoms with Crippen LogP contribution >= 0.6 is 0 Å². The maximum absolute atomic E-state index is 12.1. The SMILES string of the molecule is COc1c(C)cc(N2CC(CN=[N+]=[N-])CC2=O)cc1C. The van der Waals surface area contributed by atoms with E-state index in [1.54, 1.807) is 12.0 Å². The number of methoxy groups -OCH3 is 1. The Balaban J connectivity index is 2.24. The molecule has 0 saturated carbocycles. The minimum Gasteiger partial charge on any atom is -0.496 e. The van der Waals surface area contributed by atoms with E-state index in [4.69, 9.17) is 10.3 Å². The van der Waals surface area contributed by atoms with Crippen LogP contribution in [0.3, 0.4) is 0 Å². The average molecular weight is 274 g/mol. The normalized spacial score (nSPS) is 18.1. The molecular formula is C14H18N4O2. The highest BCUT2D eigenvalue weighted by molar-refractivity contribution is 5.96. The molecule has 0 bridgehead atoms. The molecule has 6 nitrogen and oxygen atoms in total. The van der Waals surface area contributed by atoms with E-state index in [1.807, 2.05) is 26.0 Å². The molecule has 0 spiro atoms. The van der Waals surface area contributed by atoms with Crippen molar-refractivity contribution >= 4 is 11.6 Å². The summed E-state index contributed by atoms with van der Waals surface area (Å²) in [6.45, 7) is 4.90. The molecule has 0 aromatic heterocycles. The second kappa shape index (κ2) is 5.84. The van der Waals surface area contributed by atoms with Gasteiger partial charge in [0.1, 0.15) is 5.75 Å². The monoisotopic (exact) mass is 274 g/mol. The summed E-state index contributed by atoms with van der Waals surface area (Å²) in [5.41, 5.74) is 11.3. The molecule has 1 aliphatic heterocycles. The minimum atomic E-state index is 0.0760. The maximum Gasteiger partial charge on any atom is 0.227 e. The van der Waals surface area contributed by atoms with E-state index in [2.05, 4.69) is 10.0 Å². The summed E-state index contributed by atoms with van der Waals surface area (Å²) in [6.07, 6.45) is 0.434. The van der Waals surface area contributed by atoms with Crippen molar-refractivity contribution in [2.24, 2.45) is 11.0 Å². The van der Waals surface area contributed by atoms with Crippen LogP contribution in [0.25, 0.3) is 10.4 Å². The number of rotatable bonds is 4. The Morgan fingerprint density at radius 3 is 2.65 bits per heavy atom. The Bertz CT molecular complexity index is 556.